The molecule has 0 saturated heterocycles. The Kier molecular flexibility index (Phi) is 11.6. The molecule has 0 N–H and O–H groups in total. The van der Waals surface area contributed by atoms with Crippen LogP contribution in [0.5, 0.6) is 11.5 Å². The molecule has 0 saturated carbocycles. The minimum Gasteiger partial charge on any atom is -0.747 e. The Bertz CT molecular complexity index is 1940. The van der Waals surface area contributed by atoms with Gasteiger partial charge >= 0.3 is 29.6 Å². The van der Waals surface area contributed by atoms with E-state index >= 15 is 0 Å². The maximum Gasteiger partial charge on any atom is 1.00 e. The van der Waals surface area contributed by atoms with Gasteiger partial charge in [-0.05, 0) is 109 Å². The van der Waals surface area contributed by atoms with Gasteiger partial charge in [0.05, 0.1) is 30.8 Å². The number of hydrogen-bond acceptors (Lipinski definition) is 8. The summed E-state index contributed by atoms with van der Waals surface area (Å²) in [6, 6.07) is 38.8. The zero-order valence-corrected chi connectivity index (χ0v) is 31.0. The number of allylic oxidation sites excluding steroid dienone is 1. The summed E-state index contributed by atoms with van der Waals surface area (Å²) >= 11 is 1.69. The third-order valence-electron chi connectivity index (χ3n) is 8.16. The van der Waals surface area contributed by atoms with E-state index in [9.17, 15) is 13.0 Å². The van der Waals surface area contributed by atoms with Gasteiger partial charge < -0.3 is 23.8 Å². The summed E-state index contributed by atoms with van der Waals surface area (Å²) < 4.78 is 46.8. The fourth-order valence-corrected chi connectivity index (χ4v) is 7.59. The third kappa shape index (κ3) is 7.78. The van der Waals surface area contributed by atoms with Crippen molar-refractivity contribution in [2.75, 3.05) is 30.6 Å². The van der Waals surface area contributed by atoms with Crippen molar-refractivity contribution in [2.24, 2.45) is 0 Å². The smallest absolute Gasteiger partial charge is 0.747 e. The molecule has 5 aromatic carbocycles. The maximum absolute atomic E-state index is 12.0. The number of nitrogens with zero attached hydrogens (tertiary/aromatic N) is 2. The fourth-order valence-electron chi connectivity index (χ4n) is 5.77. The second-order valence-electron chi connectivity index (χ2n) is 11.0. The summed E-state index contributed by atoms with van der Waals surface area (Å²) in [5, 5.41) is -1.09. The first-order chi connectivity index (χ1) is 22.8. The van der Waals surface area contributed by atoms with Crippen LogP contribution in [0.4, 0.5) is 28.4 Å². The van der Waals surface area contributed by atoms with Crippen molar-refractivity contribution in [3.05, 3.63) is 127 Å². The summed E-state index contributed by atoms with van der Waals surface area (Å²) in [7, 11) is -1.16. The van der Waals surface area contributed by atoms with Crippen molar-refractivity contribution in [1.82, 2.24) is 0 Å². The summed E-state index contributed by atoms with van der Waals surface area (Å²) in [5.41, 5.74) is 7.01. The Balaban J connectivity index is 0.00000451. The van der Waals surface area contributed by atoms with E-state index in [1.807, 2.05) is 66.7 Å². The molecule has 0 spiro atoms. The average Bonchev–Trinajstić information content (AvgIpc) is 3.10. The van der Waals surface area contributed by atoms with Crippen LogP contribution in [0.15, 0.2) is 137 Å². The molecule has 0 aliphatic carbocycles. The second-order valence-corrected chi connectivity index (χ2v) is 13.7. The third-order valence-corrected chi connectivity index (χ3v) is 10.4. The van der Waals surface area contributed by atoms with Crippen LogP contribution in [0.1, 0.15) is 13.3 Å². The van der Waals surface area contributed by atoms with E-state index in [0.29, 0.717) is 6.54 Å². The van der Waals surface area contributed by atoms with Gasteiger partial charge in [0.25, 0.3) is 0 Å². The number of hydrogen-bond donors (Lipinski definition) is 0. The van der Waals surface area contributed by atoms with Crippen LogP contribution in [-0.4, -0.2) is 39.0 Å². The van der Waals surface area contributed by atoms with E-state index in [-0.39, 0.29) is 36.0 Å². The quantitative estimate of drug-likeness (QED) is 0.0907. The monoisotopic (exact) mass is 686 g/mol. The number of para-hydroxylation sites is 1. The van der Waals surface area contributed by atoms with Gasteiger partial charge in [0.2, 0.25) is 0 Å². The van der Waals surface area contributed by atoms with E-state index in [1.165, 1.54) is 6.08 Å². The molecule has 0 radical (unpaired) electrons. The number of rotatable bonds is 11. The molecular weight excluding hydrogens is 652 g/mol. The molecule has 0 fully saturated rings. The van der Waals surface area contributed by atoms with Gasteiger partial charge in [-0.25, -0.2) is 8.42 Å². The van der Waals surface area contributed by atoms with Crippen molar-refractivity contribution < 1.29 is 52.0 Å². The van der Waals surface area contributed by atoms with Crippen LogP contribution in [0.2, 0.25) is 0 Å². The van der Waals surface area contributed by atoms with Crippen LogP contribution >= 0.6 is 11.8 Å². The Morgan fingerprint density at radius 3 is 1.81 bits per heavy atom. The van der Waals surface area contributed by atoms with Crippen molar-refractivity contribution >= 4 is 50.3 Å². The zero-order chi connectivity index (χ0) is 33.0. The van der Waals surface area contributed by atoms with Crippen molar-refractivity contribution in [3.63, 3.8) is 0 Å². The molecule has 5 aromatic rings. The number of anilines is 5. The Labute approximate surface area is 309 Å². The first-order valence-electron chi connectivity index (χ1n) is 15.2. The molecule has 240 valence electrons. The minimum atomic E-state index is -4.48. The zero-order valence-electron chi connectivity index (χ0n) is 27.4. The fraction of sp³-hybridized carbons (Fsp3) is 0.158. The van der Waals surface area contributed by atoms with Crippen molar-refractivity contribution in [2.45, 2.75) is 28.4 Å². The molecule has 1 aliphatic heterocycles. The molecule has 1 atom stereocenters. The number of methoxy groups -OCH3 is 2. The Hall–Kier alpha value is -3.70. The van der Waals surface area contributed by atoms with Crippen LogP contribution in [0, 0.1) is 0 Å². The SMILES string of the molecule is C/C=C/C(CCN1c2ccccc2Sc2ccc(-c3ccc(N(c4ccc(OC)cc4)c4ccc(OC)cc4)cc3)cc21)S(=O)(=O)[O-].[Na+]. The number of fused-ring (bicyclic) bond motifs is 2. The minimum absolute atomic E-state index is 0. The molecule has 6 rings (SSSR count). The summed E-state index contributed by atoms with van der Waals surface area (Å²) in [4.78, 5) is 6.47. The van der Waals surface area contributed by atoms with Crippen LogP contribution in [0.3, 0.4) is 0 Å². The van der Waals surface area contributed by atoms with E-state index in [2.05, 4.69) is 58.3 Å². The van der Waals surface area contributed by atoms with Gasteiger partial charge in [0.15, 0.2) is 0 Å². The van der Waals surface area contributed by atoms with E-state index < -0.39 is 15.4 Å². The van der Waals surface area contributed by atoms with Gasteiger partial charge in [0, 0.05) is 33.4 Å². The molecule has 0 bridgehead atoms. The summed E-state index contributed by atoms with van der Waals surface area (Å²) in [6.07, 6.45) is 3.29. The van der Waals surface area contributed by atoms with Gasteiger partial charge in [0.1, 0.15) is 21.6 Å². The summed E-state index contributed by atoms with van der Waals surface area (Å²) in [6.45, 7) is 2.10. The van der Waals surface area contributed by atoms with E-state index in [4.69, 9.17) is 9.47 Å². The summed E-state index contributed by atoms with van der Waals surface area (Å²) in [5.74, 6) is 1.57. The topological polar surface area (TPSA) is 82.1 Å². The predicted molar refractivity (Wildman–Crippen MR) is 190 cm³/mol. The molecule has 7 nitrogen and oxygen atoms in total. The van der Waals surface area contributed by atoms with Crippen LogP contribution < -0.4 is 48.8 Å². The van der Waals surface area contributed by atoms with Gasteiger partial charge in [-0.2, -0.15) is 0 Å². The largest absolute Gasteiger partial charge is 1.00 e. The van der Waals surface area contributed by atoms with Crippen molar-refractivity contribution in [1.29, 1.82) is 0 Å². The van der Waals surface area contributed by atoms with Gasteiger partial charge in [-0.1, -0.05) is 54.2 Å². The average molecular weight is 687 g/mol. The Morgan fingerprint density at radius 2 is 1.27 bits per heavy atom. The normalized spacial score (nSPS) is 12.9. The molecule has 1 heterocycles. The van der Waals surface area contributed by atoms with Crippen LogP contribution in [0.25, 0.3) is 11.1 Å². The molecule has 10 heteroatoms. The predicted octanol–water partition coefficient (Wildman–Crippen LogP) is 6.33. The molecule has 0 aromatic heterocycles. The molecule has 1 unspecified atom stereocenters. The van der Waals surface area contributed by atoms with E-state index in [1.54, 1.807) is 39.0 Å². The number of ether oxygens (including phenoxy) is 2. The van der Waals surface area contributed by atoms with Gasteiger partial charge in [-0.3, -0.25) is 0 Å². The van der Waals surface area contributed by atoms with E-state index in [0.717, 1.165) is 60.9 Å². The first kappa shape index (κ1) is 35.6. The molecule has 0 amide bonds. The first-order valence-corrected chi connectivity index (χ1v) is 17.5. The number of benzene rings is 5. The standard InChI is InChI=1S/C38H36N2O5S2.Na/c1-4-7-34(47(41,42)43)24-25-39-35-8-5-6-9-37(35)46-38-23-12-28(26-36(38)39)27-10-13-29(14-11-27)40(30-15-19-32(44-2)20-16-30)31-17-21-33(45-3)22-18-31;/h4-23,26,34H,24-25H2,1-3H3,(H,41,42,43);/q;+1/p-1/b7-4+;. The Morgan fingerprint density at radius 1 is 0.750 bits per heavy atom. The van der Waals surface area contributed by atoms with Crippen LogP contribution in [-0.2, 0) is 10.1 Å². The molecule has 1 aliphatic rings. The van der Waals surface area contributed by atoms with Gasteiger partial charge in [-0.15, -0.1) is 0 Å². The molecule has 48 heavy (non-hydrogen) atoms. The van der Waals surface area contributed by atoms with Crippen molar-refractivity contribution in [3.8, 4) is 22.6 Å². The maximum atomic E-state index is 12.0. The second kappa shape index (κ2) is 15.7. The molecular formula is C38H35N2NaO5S2.